The average Bonchev–Trinajstić information content (AvgIpc) is 2.52. The maximum absolute atomic E-state index is 12.3. The molecule has 1 aromatic rings. The second kappa shape index (κ2) is 8.90. The van der Waals surface area contributed by atoms with Crippen molar-refractivity contribution in [3.8, 4) is 0 Å². The molecule has 0 aliphatic carbocycles. The predicted octanol–water partition coefficient (Wildman–Crippen LogP) is 2.64. The van der Waals surface area contributed by atoms with Crippen molar-refractivity contribution in [2.24, 2.45) is 0 Å². The van der Waals surface area contributed by atoms with Gasteiger partial charge in [0.15, 0.2) is 0 Å². The van der Waals surface area contributed by atoms with Gasteiger partial charge in [-0.1, -0.05) is 32.8 Å². The van der Waals surface area contributed by atoms with Gasteiger partial charge in [-0.2, -0.15) is 0 Å². The molecule has 1 N–H and O–H groups in total. The monoisotopic (exact) mass is 326 g/mol. The topological polar surface area (TPSA) is 66.5 Å². The summed E-state index contributed by atoms with van der Waals surface area (Å²) in [5.74, 6) is -0.154. The third kappa shape index (κ3) is 5.42. The summed E-state index contributed by atoms with van der Waals surface area (Å²) in [5.41, 5.74) is 0.400. The Morgan fingerprint density at radius 3 is 2.50 bits per heavy atom. The number of hydrogen-bond acceptors (Lipinski definition) is 3. The van der Waals surface area contributed by atoms with Crippen LogP contribution in [0.1, 0.15) is 49.9 Å². The predicted molar refractivity (Wildman–Crippen MR) is 88.4 cm³/mol. The zero-order valence-corrected chi connectivity index (χ0v) is 14.4. The van der Waals surface area contributed by atoms with Crippen molar-refractivity contribution in [2.75, 3.05) is 20.1 Å². The third-order valence-corrected chi connectivity index (χ3v) is 4.87. The molecule has 0 aromatic heterocycles. The van der Waals surface area contributed by atoms with E-state index >= 15 is 0 Å². The lowest BCUT2D eigenvalue weighted by Gasteiger charge is -2.17. The Balaban J connectivity index is 2.87. The Labute approximate surface area is 133 Å². The van der Waals surface area contributed by atoms with E-state index in [0.717, 1.165) is 25.7 Å². The fraction of sp³-hybridized carbons (Fsp3) is 0.562. The molecule has 124 valence electrons. The highest BCUT2D eigenvalue weighted by Crippen LogP contribution is 2.13. The van der Waals surface area contributed by atoms with Crippen LogP contribution in [0.25, 0.3) is 0 Å². The molecule has 0 saturated carbocycles. The van der Waals surface area contributed by atoms with Crippen molar-refractivity contribution < 1.29 is 13.2 Å². The van der Waals surface area contributed by atoms with Gasteiger partial charge in [-0.3, -0.25) is 4.79 Å². The summed E-state index contributed by atoms with van der Waals surface area (Å²) in [5, 5.41) is 0. The van der Waals surface area contributed by atoms with E-state index in [1.54, 1.807) is 24.1 Å². The highest BCUT2D eigenvalue weighted by molar-refractivity contribution is 7.89. The normalized spacial score (nSPS) is 11.4. The number of rotatable bonds is 9. The van der Waals surface area contributed by atoms with Crippen molar-refractivity contribution in [1.82, 2.24) is 9.62 Å². The number of unbranched alkanes of at least 4 members (excludes halogenated alkanes) is 2. The average molecular weight is 326 g/mol. The van der Waals surface area contributed by atoms with Crippen LogP contribution >= 0.6 is 0 Å². The summed E-state index contributed by atoms with van der Waals surface area (Å²) >= 11 is 0. The number of hydrogen-bond donors (Lipinski definition) is 1. The smallest absolute Gasteiger partial charge is 0.253 e. The molecule has 1 aromatic carbocycles. The van der Waals surface area contributed by atoms with Crippen LogP contribution < -0.4 is 4.72 Å². The van der Waals surface area contributed by atoms with Crippen LogP contribution in [0.4, 0.5) is 0 Å². The number of benzene rings is 1. The Morgan fingerprint density at radius 2 is 1.86 bits per heavy atom. The summed E-state index contributed by atoms with van der Waals surface area (Å²) < 4.78 is 26.9. The molecule has 0 fully saturated rings. The SMILES string of the molecule is CCCCNS(=O)(=O)c1cccc(C(=O)N(C)CCCC)c1. The van der Waals surface area contributed by atoms with Crippen LogP contribution in [-0.2, 0) is 10.0 Å². The van der Waals surface area contributed by atoms with Crippen molar-refractivity contribution in [1.29, 1.82) is 0 Å². The maximum Gasteiger partial charge on any atom is 0.253 e. The molecule has 0 aliphatic heterocycles. The summed E-state index contributed by atoms with van der Waals surface area (Å²) in [7, 11) is -1.82. The lowest BCUT2D eigenvalue weighted by molar-refractivity contribution is 0.0793. The molecule has 1 amide bonds. The van der Waals surface area contributed by atoms with Crippen LogP contribution in [0.3, 0.4) is 0 Å². The van der Waals surface area contributed by atoms with Gasteiger partial charge in [-0.25, -0.2) is 13.1 Å². The molecule has 0 aliphatic rings. The van der Waals surface area contributed by atoms with Crippen molar-refractivity contribution >= 4 is 15.9 Å². The van der Waals surface area contributed by atoms with Gasteiger partial charge in [-0.05, 0) is 31.0 Å². The molecule has 0 atom stereocenters. The van der Waals surface area contributed by atoms with Gasteiger partial charge in [0.05, 0.1) is 4.90 Å². The van der Waals surface area contributed by atoms with Gasteiger partial charge in [0.1, 0.15) is 0 Å². The molecule has 0 heterocycles. The molecular formula is C16H26N2O3S. The first kappa shape index (κ1) is 18.6. The zero-order chi connectivity index (χ0) is 16.6. The maximum atomic E-state index is 12.3. The molecule has 1 rings (SSSR count). The summed E-state index contributed by atoms with van der Waals surface area (Å²) in [6.07, 6.45) is 3.65. The second-order valence-electron chi connectivity index (χ2n) is 5.36. The molecule has 0 bridgehead atoms. The van der Waals surface area contributed by atoms with Gasteiger partial charge >= 0.3 is 0 Å². The van der Waals surface area contributed by atoms with Crippen LogP contribution in [0.2, 0.25) is 0 Å². The lowest BCUT2D eigenvalue weighted by atomic mass is 10.2. The van der Waals surface area contributed by atoms with E-state index in [0.29, 0.717) is 18.7 Å². The molecule has 0 saturated heterocycles. The standard InChI is InChI=1S/C16H26N2O3S/c1-4-6-11-17-22(20,21)15-10-8-9-14(13-15)16(19)18(3)12-7-5-2/h8-10,13,17H,4-7,11-12H2,1-3H3. The zero-order valence-electron chi connectivity index (χ0n) is 13.6. The molecule has 0 radical (unpaired) electrons. The highest BCUT2D eigenvalue weighted by Gasteiger charge is 2.17. The first-order chi connectivity index (χ1) is 10.4. The lowest BCUT2D eigenvalue weighted by Crippen LogP contribution is -2.28. The van der Waals surface area contributed by atoms with E-state index in [4.69, 9.17) is 0 Å². The molecule has 5 nitrogen and oxygen atoms in total. The molecule has 6 heteroatoms. The van der Waals surface area contributed by atoms with Gasteiger partial charge in [0.2, 0.25) is 10.0 Å². The van der Waals surface area contributed by atoms with Crippen LogP contribution in [0.15, 0.2) is 29.2 Å². The van der Waals surface area contributed by atoms with Crippen molar-refractivity contribution in [3.63, 3.8) is 0 Å². The number of sulfonamides is 1. The molecule has 0 unspecified atom stereocenters. The van der Waals surface area contributed by atoms with Crippen molar-refractivity contribution in [3.05, 3.63) is 29.8 Å². The minimum Gasteiger partial charge on any atom is -0.342 e. The molecule has 22 heavy (non-hydrogen) atoms. The van der Waals surface area contributed by atoms with Crippen molar-refractivity contribution in [2.45, 2.75) is 44.4 Å². The van der Waals surface area contributed by atoms with Gasteiger partial charge in [-0.15, -0.1) is 0 Å². The van der Waals surface area contributed by atoms with E-state index in [1.807, 2.05) is 6.92 Å². The Hall–Kier alpha value is -1.40. The van der Waals surface area contributed by atoms with E-state index < -0.39 is 10.0 Å². The fourth-order valence-corrected chi connectivity index (χ4v) is 3.10. The van der Waals surface area contributed by atoms with Crippen LogP contribution in [0, 0.1) is 0 Å². The quantitative estimate of drug-likeness (QED) is 0.709. The molecule has 0 spiro atoms. The summed E-state index contributed by atoms with van der Waals surface area (Å²) in [6, 6.07) is 6.21. The highest BCUT2D eigenvalue weighted by atomic mass is 32.2. The number of nitrogens with one attached hydrogen (secondary N) is 1. The van der Waals surface area contributed by atoms with Crippen LogP contribution in [0.5, 0.6) is 0 Å². The minimum atomic E-state index is -3.55. The number of nitrogens with zero attached hydrogens (tertiary/aromatic N) is 1. The number of carbonyl (C=O) groups is 1. The summed E-state index contributed by atoms with van der Waals surface area (Å²) in [4.78, 5) is 14.1. The Kier molecular flexibility index (Phi) is 7.55. The van der Waals surface area contributed by atoms with E-state index in [9.17, 15) is 13.2 Å². The first-order valence-corrected chi connectivity index (χ1v) is 9.26. The summed E-state index contributed by atoms with van der Waals surface area (Å²) in [6.45, 7) is 5.14. The van der Waals surface area contributed by atoms with Crippen LogP contribution in [-0.4, -0.2) is 39.4 Å². The van der Waals surface area contributed by atoms with Gasteiger partial charge in [0, 0.05) is 25.7 Å². The van der Waals surface area contributed by atoms with E-state index in [-0.39, 0.29) is 10.8 Å². The fourth-order valence-electron chi connectivity index (χ4n) is 1.98. The van der Waals surface area contributed by atoms with E-state index in [2.05, 4.69) is 11.6 Å². The Morgan fingerprint density at radius 1 is 1.18 bits per heavy atom. The van der Waals surface area contributed by atoms with Gasteiger partial charge in [0.25, 0.3) is 5.91 Å². The van der Waals surface area contributed by atoms with Gasteiger partial charge < -0.3 is 4.90 Å². The number of carbonyl (C=O) groups excluding carboxylic acids is 1. The Bertz CT molecular complexity index is 585. The molecular weight excluding hydrogens is 300 g/mol. The van der Waals surface area contributed by atoms with E-state index in [1.165, 1.54) is 12.1 Å². The largest absolute Gasteiger partial charge is 0.342 e. The minimum absolute atomic E-state index is 0.137. The second-order valence-corrected chi connectivity index (χ2v) is 7.13. The third-order valence-electron chi connectivity index (χ3n) is 3.41. The first-order valence-electron chi connectivity index (χ1n) is 7.77. The number of amides is 1.